The van der Waals surface area contributed by atoms with Gasteiger partial charge in [0.25, 0.3) is 17.7 Å². The number of carbonyl (C=O) groups excluding carboxylic acids is 4. The van der Waals surface area contributed by atoms with Crippen molar-refractivity contribution in [3.8, 4) is 0 Å². The predicted octanol–water partition coefficient (Wildman–Crippen LogP) is 2.77. The van der Waals surface area contributed by atoms with Gasteiger partial charge in [-0.05, 0) is 56.5 Å². The van der Waals surface area contributed by atoms with Crippen LogP contribution in [0.5, 0.6) is 0 Å². The number of unbranched alkanes of at least 4 members (excludes halogenated alkanes) is 2. The van der Waals surface area contributed by atoms with Gasteiger partial charge in [0.1, 0.15) is 12.1 Å². The van der Waals surface area contributed by atoms with Gasteiger partial charge in [-0.15, -0.1) is 0 Å². The maximum absolute atomic E-state index is 13.6. The molecule has 0 aromatic heterocycles. The molecule has 3 amide bonds. The Hall–Kier alpha value is -3.72. The van der Waals surface area contributed by atoms with Crippen LogP contribution in [0.1, 0.15) is 52.8 Å². The van der Waals surface area contributed by atoms with Crippen LogP contribution < -0.4 is 4.90 Å². The van der Waals surface area contributed by atoms with Gasteiger partial charge in [0.05, 0.1) is 24.9 Å². The standard InChI is InChI=1S/C29H34N4O5/c1-38-25(34)20-31-21-33(22-10-4-2-5-11-22)29(28(31)37)14-18-30(19-15-29)16-8-3-9-17-32-26(35)23-12-6-7-13-24(23)27(32)36/h2,4-7,10-13H,3,8-9,14-21H2,1H3. The fourth-order valence-electron chi connectivity index (χ4n) is 5.91. The highest BCUT2D eigenvalue weighted by Gasteiger charge is 2.54. The lowest BCUT2D eigenvalue weighted by molar-refractivity contribution is -0.146. The SMILES string of the molecule is COC(=O)CN1CN(c2ccccc2)C2(CCN(CCCCCN3C(=O)c4ccccc4C3=O)CC2)C1=O. The quantitative estimate of drug-likeness (QED) is 0.286. The zero-order valence-corrected chi connectivity index (χ0v) is 21.8. The number of hydrogen-bond acceptors (Lipinski definition) is 7. The summed E-state index contributed by atoms with van der Waals surface area (Å²) in [6, 6.07) is 16.9. The van der Waals surface area contributed by atoms with E-state index in [9.17, 15) is 19.2 Å². The number of rotatable bonds is 9. The fourth-order valence-corrected chi connectivity index (χ4v) is 5.91. The lowest BCUT2D eigenvalue weighted by Crippen LogP contribution is -2.56. The first-order valence-corrected chi connectivity index (χ1v) is 13.3. The highest BCUT2D eigenvalue weighted by Crippen LogP contribution is 2.39. The second-order valence-electron chi connectivity index (χ2n) is 10.2. The van der Waals surface area contributed by atoms with E-state index in [2.05, 4.69) is 9.80 Å². The third kappa shape index (κ3) is 4.78. The largest absolute Gasteiger partial charge is 0.468 e. The summed E-state index contributed by atoms with van der Waals surface area (Å²) in [5, 5.41) is 0. The summed E-state index contributed by atoms with van der Waals surface area (Å²) in [6.45, 7) is 3.25. The van der Waals surface area contributed by atoms with Crippen molar-refractivity contribution in [2.75, 3.05) is 51.4 Å². The first kappa shape index (κ1) is 25.9. The number of esters is 1. The van der Waals surface area contributed by atoms with E-state index in [0.717, 1.165) is 44.6 Å². The van der Waals surface area contributed by atoms with E-state index in [0.29, 0.717) is 37.2 Å². The van der Waals surface area contributed by atoms with Gasteiger partial charge < -0.3 is 19.4 Å². The average molecular weight is 519 g/mol. The van der Waals surface area contributed by atoms with Crippen molar-refractivity contribution in [2.24, 2.45) is 0 Å². The van der Waals surface area contributed by atoms with E-state index in [1.54, 1.807) is 29.2 Å². The number of piperidine rings is 1. The molecule has 3 heterocycles. The average Bonchev–Trinajstić information content (AvgIpc) is 3.35. The van der Waals surface area contributed by atoms with Crippen LogP contribution >= 0.6 is 0 Å². The van der Waals surface area contributed by atoms with Crippen molar-refractivity contribution in [1.29, 1.82) is 0 Å². The van der Waals surface area contributed by atoms with Crippen LogP contribution in [0.3, 0.4) is 0 Å². The van der Waals surface area contributed by atoms with Crippen LogP contribution in [0, 0.1) is 0 Å². The molecule has 38 heavy (non-hydrogen) atoms. The molecule has 9 nitrogen and oxygen atoms in total. The summed E-state index contributed by atoms with van der Waals surface area (Å²) >= 11 is 0. The number of carbonyl (C=O) groups is 4. The highest BCUT2D eigenvalue weighted by atomic mass is 16.5. The number of ether oxygens (including phenoxy) is 1. The second-order valence-corrected chi connectivity index (χ2v) is 10.2. The predicted molar refractivity (Wildman–Crippen MR) is 142 cm³/mol. The van der Waals surface area contributed by atoms with Gasteiger partial charge in [0.2, 0.25) is 0 Å². The van der Waals surface area contributed by atoms with Gasteiger partial charge in [0, 0.05) is 25.3 Å². The molecule has 2 fully saturated rings. The van der Waals surface area contributed by atoms with E-state index in [-0.39, 0.29) is 24.3 Å². The number of benzene rings is 2. The maximum Gasteiger partial charge on any atom is 0.325 e. The molecule has 1 spiro atoms. The van der Waals surface area contributed by atoms with E-state index in [4.69, 9.17) is 4.74 Å². The molecular weight excluding hydrogens is 484 g/mol. The second kappa shape index (κ2) is 10.9. The van der Waals surface area contributed by atoms with Gasteiger partial charge in [-0.2, -0.15) is 0 Å². The molecule has 3 aliphatic heterocycles. The summed E-state index contributed by atoms with van der Waals surface area (Å²) in [7, 11) is 1.34. The Balaban J connectivity index is 1.12. The minimum absolute atomic E-state index is 0.00709. The van der Waals surface area contributed by atoms with E-state index in [1.807, 2.05) is 30.3 Å². The molecule has 2 aromatic rings. The number of nitrogens with zero attached hydrogens (tertiary/aromatic N) is 4. The molecule has 2 saturated heterocycles. The third-order valence-electron chi connectivity index (χ3n) is 8.05. The van der Waals surface area contributed by atoms with Crippen LogP contribution in [0.25, 0.3) is 0 Å². The molecule has 200 valence electrons. The Morgan fingerprint density at radius 1 is 0.842 bits per heavy atom. The van der Waals surface area contributed by atoms with Gasteiger partial charge in [-0.1, -0.05) is 36.8 Å². The summed E-state index contributed by atoms with van der Waals surface area (Å²) < 4.78 is 4.82. The Morgan fingerprint density at radius 3 is 2.08 bits per heavy atom. The number of para-hydroxylation sites is 1. The molecule has 0 N–H and O–H groups in total. The Morgan fingerprint density at radius 2 is 1.45 bits per heavy atom. The van der Waals surface area contributed by atoms with Crippen molar-refractivity contribution >= 4 is 29.4 Å². The Labute approximate surface area is 222 Å². The summed E-state index contributed by atoms with van der Waals surface area (Å²) in [5.41, 5.74) is 1.32. The van der Waals surface area contributed by atoms with E-state index >= 15 is 0 Å². The number of methoxy groups -OCH3 is 1. The molecule has 2 aromatic carbocycles. The maximum atomic E-state index is 13.6. The van der Waals surface area contributed by atoms with Gasteiger partial charge in [-0.3, -0.25) is 24.1 Å². The number of anilines is 1. The topological polar surface area (TPSA) is 90.5 Å². The van der Waals surface area contributed by atoms with Gasteiger partial charge in [-0.25, -0.2) is 0 Å². The Bertz CT molecular complexity index is 1170. The lowest BCUT2D eigenvalue weighted by atomic mass is 9.85. The van der Waals surface area contributed by atoms with E-state index < -0.39 is 11.5 Å². The lowest BCUT2D eigenvalue weighted by Gasteiger charge is -2.43. The van der Waals surface area contributed by atoms with Crippen LogP contribution in [-0.4, -0.2) is 90.4 Å². The van der Waals surface area contributed by atoms with Crippen LogP contribution in [0.2, 0.25) is 0 Å². The van der Waals surface area contributed by atoms with Crippen molar-refractivity contribution in [2.45, 2.75) is 37.6 Å². The molecule has 9 heteroatoms. The highest BCUT2D eigenvalue weighted by molar-refractivity contribution is 6.21. The molecule has 5 rings (SSSR count). The normalized spacial score (nSPS) is 19.0. The van der Waals surface area contributed by atoms with Crippen molar-refractivity contribution < 1.29 is 23.9 Å². The summed E-state index contributed by atoms with van der Waals surface area (Å²) in [6.07, 6.45) is 4.02. The van der Waals surface area contributed by atoms with Crippen LogP contribution in [-0.2, 0) is 14.3 Å². The third-order valence-corrected chi connectivity index (χ3v) is 8.05. The number of fused-ring (bicyclic) bond motifs is 1. The first-order chi connectivity index (χ1) is 18.4. The molecular formula is C29H34N4O5. The molecule has 3 aliphatic rings. The molecule has 0 radical (unpaired) electrons. The summed E-state index contributed by atoms with van der Waals surface area (Å²) in [4.78, 5) is 58.1. The summed E-state index contributed by atoms with van der Waals surface area (Å²) in [5.74, 6) is -0.816. The van der Waals surface area contributed by atoms with Gasteiger partial charge in [0.15, 0.2) is 0 Å². The van der Waals surface area contributed by atoms with Crippen molar-refractivity contribution in [3.05, 3.63) is 65.7 Å². The molecule has 0 atom stereocenters. The molecule has 0 unspecified atom stereocenters. The zero-order valence-electron chi connectivity index (χ0n) is 21.8. The van der Waals surface area contributed by atoms with Crippen LogP contribution in [0.4, 0.5) is 5.69 Å². The van der Waals surface area contributed by atoms with Gasteiger partial charge >= 0.3 is 5.97 Å². The smallest absolute Gasteiger partial charge is 0.325 e. The monoisotopic (exact) mass is 518 g/mol. The molecule has 0 bridgehead atoms. The fraction of sp³-hybridized carbons (Fsp3) is 0.448. The number of likely N-dealkylation sites (tertiary alicyclic amines) is 1. The molecule has 0 aliphatic carbocycles. The first-order valence-electron chi connectivity index (χ1n) is 13.3. The Kier molecular flexibility index (Phi) is 7.46. The van der Waals surface area contributed by atoms with Crippen LogP contribution in [0.15, 0.2) is 54.6 Å². The minimum Gasteiger partial charge on any atom is -0.468 e. The molecule has 0 saturated carbocycles. The minimum atomic E-state index is -0.655. The number of imide groups is 1. The van der Waals surface area contributed by atoms with Crippen molar-refractivity contribution in [3.63, 3.8) is 0 Å². The van der Waals surface area contributed by atoms with Crippen molar-refractivity contribution in [1.82, 2.24) is 14.7 Å². The number of hydrogen-bond donors (Lipinski definition) is 0. The zero-order chi connectivity index (χ0) is 26.7. The van der Waals surface area contributed by atoms with E-state index in [1.165, 1.54) is 12.0 Å². The number of amides is 3.